The molecule has 138 valence electrons. The van der Waals surface area contributed by atoms with E-state index < -0.39 is 40.9 Å². The number of alkyl halides is 1. The highest BCUT2D eigenvalue weighted by atomic mass is 35.5. The van der Waals surface area contributed by atoms with Gasteiger partial charge in [-0.15, -0.1) is 11.6 Å². The lowest BCUT2D eigenvalue weighted by Crippen LogP contribution is -2.56. The highest BCUT2D eigenvalue weighted by Gasteiger charge is 2.59. The van der Waals surface area contributed by atoms with Gasteiger partial charge in [0.25, 0.3) is 5.91 Å². The van der Waals surface area contributed by atoms with Crippen LogP contribution in [0.2, 0.25) is 0 Å². The van der Waals surface area contributed by atoms with Crippen molar-refractivity contribution in [2.45, 2.75) is 30.0 Å². The molecule has 0 radical (unpaired) electrons. The number of nitrogens with one attached hydrogen (secondary N) is 1. The van der Waals surface area contributed by atoms with Crippen LogP contribution in [0.25, 0.3) is 0 Å². The van der Waals surface area contributed by atoms with Crippen molar-refractivity contribution in [3.63, 3.8) is 0 Å². The molecule has 0 spiro atoms. The molecule has 1 aromatic carbocycles. The third-order valence-electron chi connectivity index (χ3n) is 4.12. The van der Waals surface area contributed by atoms with Crippen molar-refractivity contribution in [2.24, 2.45) is 0 Å². The fourth-order valence-electron chi connectivity index (χ4n) is 2.77. The molecule has 0 aromatic heterocycles. The highest BCUT2D eigenvalue weighted by Crippen LogP contribution is 2.34. The van der Waals surface area contributed by atoms with Gasteiger partial charge in [0.2, 0.25) is 5.91 Å². The van der Waals surface area contributed by atoms with Crippen molar-refractivity contribution in [3.05, 3.63) is 35.9 Å². The normalized spacial score (nSPS) is 26.5. The molecule has 2 unspecified atom stereocenters. The number of rotatable bonds is 5. The number of hydroxylamine groups is 2. The fourth-order valence-corrected chi connectivity index (χ4v) is 2.98. The molecule has 1 aromatic rings. The van der Waals surface area contributed by atoms with Crippen molar-refractivity contribution >= 4 is 35.4 Å². The number of hydrogen-bond donors (Lipinski definition) is 2. The van der Waals surface area contributed by atoms with Gasteiger partial charge in [0.1, 0.15) is 18.0 Å². The summed E-state index contributed by atoms with van der Waals surface area (Å²) in [5.74, 6) is -3.73. The third kappa shape index (κ3) is 3.11. The van der Waals surface area contributed by atoms with Crippen LogP contribution < -0.4 is 5.32 Å². The number of esters is 1. The molecule has 2 fully saturated rings. The number of carboxylic acid groups (broad SMARTS) is 1. The van der Waals surface area contributed by atoms with Crippen LogP contribution in [0, 0.1) is 0 Å². The lowest BCUT2D eigenvalue weighted by molar-refractivity contribution is -0.256. The largest absolute Gasteiger partial charge is 0.477 e. The van der Waals surface area contributed by atoms with Gasteiger partial charge in [-0.3, -0.25) is 19.2 Å². The van der Waals surface area contributed by atoms with E-state index in [0.29, 0.717) is 10.6 Å². The summed E-state index contributed by atoms with van der Waals surface area (Å²) in [5, 5.41) is 11.3. The lowest BCUT2D eigenvalue weighted by atomic mass is 10.1. The predicted octanol–water partition coefficient (Wildman–Crippen LogP) is 0.343. The van der Waals surface area contributed by atoms with E-state index in [0.717, 1.165) is 0 Å². The minimum Gasteiger partial charge on any atom is -0.477 e. The van der Waals surface area contributed by atoms with Crippen LogP contribution in [0.4, 0.5) is 0 Å². The molecule has 2 saturated heterocycles. The zero-order chi connectivity index (χ0) is 18.9. The Morgan fingerprint density at radius 3 is 2.58 bits per heavy atom. The Morgan fingerprint density at radius 2 is 2.00 bits per heavy atom. The van der Waals surface area contributed by atoms with Crippen LogP contribution in [0.5, 0.6) is 0 Å². The van der Waals surface area contributed by atoms with E-state index in [4.69, 9.17) is 21.2 Å². The molecule has 9 nitrogen and oxygen atoms in total. The van der Waals surface area contributed by atoms with Crippen molar-refractivity contribution in [3.8, 4) is 0 Å². The second-order valence-corrected chi connectivity index (χ2v) is 6.26. The summed E-state index contributed by atoms with van der Waals surface area (Å²) in [7, 11) is 0. The standard InChI is InChI=1S/C16H15ClN2O7/c17-12(9-4-2-1-3-5-9)13(21)18-10-8-25-19(14(10)22)16(15(23)24)7-6-11(20)26-16/h1-5,10,12H,6-8H2,(H,18,21)(H,23,24)/t10-,12?,16?/m0/s1. The molecule has 2 amide bonds. The number of carbonyl (C=O) groups excluding carboxylic acids is 3. The van der Waals surface area contributed by atoms with E-state index in [1.165, 1.54) is 0 Å². The van der Waals surface area contributed by atoms with Crippen LogP contribution in [0.1, 0.15) is 23.8 Å². The van der Waals surface area contributed by atoms with Gasteiger partial charge >= 0.3 is 17.7 Å². The zero-order valence-corrected chi connectivity index (χ0v) is 14.1. The van der Waals surface area contributed by atoms with Gasteiger partial charge in [-0.2, -0.15) is 5.06 Å². The second kappa shape index (κ2) is 6.93. The molecule has 2 heterocycles. The Hall–Kier alpha value is -2.65. The molecule has 3 rings (SSSR count). The first-order valence-corrected chi connectivity index (χ1v) is 8.20. The van der Waals surface area contributed by atoms with Gasteiger partial charge in [-0.05, 0) is 5.56 Å². The van der Waals surface area contributed by atoms with Gasteiger partial charge in [-0.25, -0.2) is 4.79 Å². The molecule has 2 aliphatic heterocycles. The van der Waals surface area contributed by atoms with Gasteiger partial charge in [0.15, 0.2) is 0 Å². The maximum Gasteiger partial charge on any atom is 0.372 e. The maximum absolute atomic E-state index is 12.5. The number of carboxylic acids is 1. The number of halogens is 1. The predicted molar refractivity (Wildman–Crippen MR) is 85.5 cm³/mol. The van der Waals surface area contributed by atoms with Crippen molar-refractivity contribution in [1.82, 2.24) is 10.4 Å². The first-order valence-electron chi connectivity index (χ1n) is 7.77. The van der Waals surface area contributed by atoms with Crippen LogP contribution in [-0.2, 0) is 28.8 Å². The number of aliphatic carboxylic acids is 1. The Labute approximate surface area is 152 Å². The summed E-state index contributed by atoms with van der Waals surface area (Å²) in [6.45, 7) is -0.296. The molecule has 0 saturated carbocycles. The topological polar surface area (TPSA) is 122 Å². The van der Waals surface area contributed by atoms with Gasteiger partial charge < -0.3 is 15.2 Å². The lowest BCUT2D eigenvalue weighted by Gasteiger charge is -2.30. The number of nitrogens with zero attached hydrogens (tertiary/aromatic N) is 1. The molecule has 0 bridgehead atoms. The van der Waals surface area contributed by atoms with E-state index in [9.17, 15) is 24.3 Å². The quantitative estimate of drug-likeness (QED) is 0.556. The molecule has 26 heavy (non-hydrogen) atoms. The molecule has 10 heteroatoms. The van der Waals surface area contributed by atoms with Crippen molar-refractivity contribution in [2.75, 3.05) is 6.61 Å². The SMILES string of the molecule is O=C1CCC(C(=O)O)(N2OC[C@H](NC(=O)C(Cl)c3ccccc3)C2=O)O1. The number of ether oxygens (including phenoxy) is 1. The van der Waals surface area contributed by atoms with Crippen LogP contribution in [0.15, 0.2) is 30.3 Å². The monoisotopic (exact) mass is 382 g/mol. The Kier molecular flexibility index (Phi) is 4.84. The summed E-state index contributed by atoms with van der Waals surface area (Å²) in [6.07, 6.45) is -0.399. The summed E-state index contributed by atoms with van der Waals surface area (Å²) in [4.78, 5) is 52.8. The van der Waals surface area contributed by atoms with E-state index in [1.54, 1.807) is 30.3 Å². The minimum atomic E-state index is -2.21. The minimum absolute atomic E-state index is 0.159. The highest BCUT2D eigenvalue weighted by molar-refractivity contribution is 6.31. The van der Waals surface area contributed by atoms with E-state index in [1.807, 2.05) is 0 Å². The first kappa shape index (κ1) is 18.2. The molecule has 0 aliphatic carbocycles. The summed E-state index contributed by atoms with van der Waals surface area (Å²) < 4.78 is 4.84. The number of hydrogen-bond acceptors (Lipinski definition) is 6. The molecular formula is C16H15ClN2O7. The maximum atomic E-state index is 12.5. The second-order valence-electron chi connectivity index (χ2n) is 5.83. The number of carbonyl (C=O) groups is 4. The van der Waals surface area contributed by atoms with E-state index in [-0.39, 0.29) is 19.4 Å². The molecular weight excluding hydrogens is 368 g/mol. The Balaban J connectivity index is 1.70. The number of amides is 2. The Morgan fingerprint density at radius 1 is 1.31 bits per heavy atom. The summed E-state index contributed by atoms with van der Waals surface area (Å²) >= 11 is 6.10. The molecule has 2 N–H and O–H groups in total. The fraction of sp³-hybridized carbons (Fsp3) is 0.375. The molecule has 3 atom stereocenters. The average Bonchev–Trinajstić information content (AvgIpc) is 3.19. The van der Waals surface area contributed by atoms with Crippen LogP contribution in [-0.4, -0.2) is 52.3 Å². The zero-order valence-electron chi connectivity index (χ0n) is 13.4. The van der Waals surface area contributed by atoms with Crippen LogP contribution >= 0.6 is 11.6 Å². The van der Waals surface area contributed by atoms with Crippen molar-refractivity contribution in [1.29, 1.82) is 0 Å². The van der Waals surface area contributed by atoms with Crippen LogP contribution in [0.3, 0.4) is 0 Å². The number of cyclic esters (lactones) is 1. The van der Waals surface area contributed by atoms with E-state index >= 15 is 0 Å². The van der Waals surface area contributed by atoms with Crippen molar-refractivity contribution < 1.29 is 33.9 Å². The Bertz CT molecular complexity index is 756. The van der Waals surface area contributed by atoms with E-state index in [2.05, 4.69) is 5.32 Å². The third-order valence-corrected chi connectivity index (χ3v) is 4.57. The van der Waals surface area contributed by atoms with Gasteiger partial charge in [0, 0.05) is 6.42 Å². The number of benzene rings is 1. The average molecular weight is 383 g/mol. The van der Waals surface area contributed by atoms with Gasteiger partial charge in [-0.1, -0.05) is 30.3 Å². The molecule has 2 aliphatic rings. The summed E-state index contributed by atoms with van der Waals surface area (Å²) in [5.41, 5.74) is -1.67. The van der Waals surface area contributed by atoms with Gasteiger partial charge in [0.05, 0.1) is 6.42 Å². The smallest absolute Gasteiger partial charge is 0.372 e. The first-order chi connectivity index (χ1) is 12.3. The summed E-state index contributed by atoms with van der Waals surface area (Å²) in [6, 6.07) is 7.39.